The molecule has 0 unspecified atom stereocenters. The maximum absolute atomic E-state index is 12.0. The molecular weight excluding hydrogens is 380 g/mol. The summed E-state index contributed by atoms with van der Waals surface area (Å²) in [7, 11) is 0. The molecule has 0 aliphatic heterocycles. The SMILES string of the molecule is O=[N+]([O-])c1ccc(NN=C(Cc2cccc[n+]2[O-])c2cccnc2)c([N+](=O)[O-])c1. The van der Waals surface area contributed by atoms with Crippen LogP contribution in [0.3, 0.4) is 0 Å². The fraction of sp³-hybridized carbons (Fsp3) is 0.0556. The van der Waals surface area contributed by atoms with Gasteiger partial charge in [-0.2, -0.15) is 9.83 Å². The number of nitro benzene ring substituents is 2. The van der Waals surface area contributed by atoms with Crippen molar-refractivity contribution < 1.29 is 14.6 Å². The summed E-state index contributed by atoms with van der Waals surface area (Å²) in [5, 5.41) is 38.4. The van der Waals surface area contributed by atoms with Gasteiger partial charge in [0, 0.05) is 36.2 Å². The summed E-state index contributed by atoms with van der Waals surface area (Å²) in [6.45, 7) is 0. The van der Waals surface area contributed by atoms with E-state index in [1.54, 1.807) is 42.7 Å². The van der Waals surface area contributed by atoms with Gasteiger partial charge < -0.3 is 5.21 Å². The van der Waals surface area contributed by atoms with Crippen molar-refractivity contribution in [3.8, 4) is 0 Å². The zero-order chi connectivity index (χ0) is 20.8. The van der Waals surface area contributed by atoms with Crippen molar-refractivity contribution in [3.63, 3.8) is 0 Å². The Morgan fingerprint density at radius 3 is 2.59 bits per heavy atom. The summed E-state index contributed by atoms with van der Waals surface area (Å²) >= 11 is 0. The fourth-order valence-corrected chi connectivity index (χ4v) is 2.52. The van der Waals surface area contributed by atoms with Crippen molar-refractivity contribution in [1.29, 1.82) is 0 Å². The van der Waals surface area contributed by atoms with Crippen LogP contribution in [0, 0.1) is 25.4 Å². The Balaban J connectivity index is 1.98. The van der Waals surface area contributed by atoms with Gasteiger partial charge in [0.2, 0.25) is 0 Å². The summed E-state index contributed by atoms with van der Waals surface area (Å²) in [4.78, 5) is 24.7. The van der Waals surface area contributed by atoms with Crippen molar-refractivity contribution >= 4 is 22.8 Å². The molecule has 1 N–H and O–H groups in total. The minimum Gasteiger partial charge on any atom is -0.618 e. The molecule has 3 rings (SSSR count). The highest BCUT2D eigenvalue weighted by molar-refractivity contribution is 6.01. The number of pyridine rings is 2. The molecule has 2 heterocycles. The van der Waals surface area contributed by atoms with E-state index in [-0.39, 0.29) is 12.1 Å². The van der Waals surface area contributed by atoms with E-state index in [0.29, 0.717) is 21.7 Å². The first-order valence-electron chi connectivity index (χ1n) is 8.28. The molecule has 0 saturated heterocycles. The van der Waals surface area contributed by atoms with Gasteiger partial charge in [-0.05, 0) is 24.3 Å². The average Bonchev–Trinajstić information content (AvgIpc) is 2.72. The maximum Gasteiger partial charge on any atom is 0.301 e. The standard InChI is InChI=1S/C18H14N6O5/c25-22-9-2-1-5-14(22)10-17(13-4-3-8-19-12-13)21-20-16-7-6-15(23(26)27)11-18(16)24(28)29/h1-9,11-12,20H,10H2. The molecule has 0 radical (unpaired) electrons. The van der Waals surface area contributed by atoms with Crippen LogP contribution in [0.4, 0.5) is 17.1 Å². The van der Waals surface area contributed by atoms with E-state index in [9.17, 15) is 25.4 Å². The second-order valence-corrected chi connectivity index (χ2v) is 5.82. The molecule has 146 valence electrons. The number of non-ortho nitro benzene ring substituents is 1. The number of hydrazone groups is 1. The number of nitrogens with zero attached hydrogens (tertiary/aromatic N) is 5. The van der Waals surface area contributed by atoms with Gasteiger partial charge >= 0.3 is 5.69 Å². The van der Waals surface area contributed by atoms with Gasteiger partial charge in [0.05, 0.1) is 28.0 Å². The molecule has 11 nitrogen and oxygen atoms in total. The van der Waals surface area contributed by atoms with E-state index < -0.39 is 21.2 Å². The summed E-state index contributed by atoms with van der Waals surface area (Å²) in [5.74, 6) is 0. The van der Waals surface area contributed by atoms with Gasteiger partial charge in [-0.15, -0.1) is 0 Å². The van der Waals surface area contributed by atoms with E-state index in [0.717, 1.165) is 12.1 Å². The molecule has 3 aromatic rings. The van der Waals surface area contributed by atoms with Crippen LogP contribution < -0.4 is 10.2 Å². The number of nitrogens with one attached hydrogen (secondary N) is 1. The van der Waals surface area contributed by atoms with E-state index in [1.807, 2.05) is 0 Å². The lowest BCUT2D eigenvalue weighted by Gasteiger charge is -2.09. The fourth-order valence-electron chi connectivity index (χ4n) is 2.52. The first-order chi connectivity index (χ1) is 14.0. The van der Waals surface area contributed by atoms with E-state index in [4.69, 9.17) is 0 Å². The third-order valence-corrected chi connectivity index (χ3v) is 3.95. The molecule has 0 spiro atoms. The number of hydrogen-bond acceptors (Lipinski definition) is 8. The summed E-state index contributed by atoms with van der Waals surface area (Å²) < 4.78 is 0.695. The number of benzene rings is 1. The smallest absolute Gasteiger partial charge is 0.301 e. The number of rotatable bonds is 7. The molecule has 0 amide bonds. The molecule has 29 heavy (non-hydrogen) atoms. The highest BCUT2D eigenvalue weighted by atomic mass is 16.6. The number of aromatic nitrogens is 2. The van der Waals surface area contributed by atoms with Gasteiger partial charge in [0.1, 0.15) is 5.69 Å². The van der Waals surface area contributed by atoms with Gasteiger partial charge in [-0.3, -0.25) is 30.6 Å². The van der Waals surface area contributed by atoms with Crippen LogP contribution >= 0.6 is 0 Å². The first kappa shape index (κ1) is 19.4. The van der Waals surface area contributed by atoms with E-state index in [1.165, 1.54) is 12.3 Å². The summed E-state index contributed by atoms with van der Waals surface area (Å²) in [6.07, 6.45) is 4.60. The Morgan fingerprint density at radius 1 is 1.10 bits per heavy atom. The normalized spacial score (nSPS) is 11.1. The molecule has 0 bridgehead atoms. The second-order valence-electron chi connectivity index (χ2n) is 5.82. The number of hydrogen-bond donors (Lipinski definition) is 1. The molecule has 2 aromatic heterocycles. The molecule has 0 atom stereocenters. The molecule has 1 aromatic carbocycles. The average molecular weight is 394 g/mol. The topological polar surface area (TPSA) is 150 Å². The van der Waals surface area contributed by atoms with Gasteiger partial charge in [0.25, 0.3) is 5.69 Å². The molecular formula is C18H14N6O5. The van der Waals surface area contributed by atoms with Crippen molar-refractivity contribution in [3.05, 3.63) is 104 Å². The largest absolute Gasteiger partial charge is 0.618 e. The highest BCUT2D eigenvalue weighted by Gasteiger charge is 2.20. The molecule has 11 heteroatoms. The first-order valence-corrected chi connectivity index (χ1v) is 8.28. The van der Waals surface area contributed by atoms with Crippen LogP contribution in [0.1, 0.15) is 11.3 Å². The van der Waals surface area contributed by atoms with Crippen LogP contribution in [-0.4, -0.2) is 20.5 Å². The Morgan fingerprint density at radius 2 is 1.93 bits per heavy atom. The minimum atomic E-state index is -0.739. The molecule has 0 saturated carbocycles. The number of nitro groups is 2. The van der Waals surface area contributed by atoms with Crippen molar-refractivity contribution in [2.45, 2.75) is 6.42 Å². The van der Waals surface area contributed by atoms with Crippen LogP contribution in [0.15, 0.2) is 72.2 Å². The predicted octanol–water partition coefficient (Wildman–Crippen LogP) is 2.59. The lowest BCUT2D eigenvalue weighted by Crippen LogP contribution is -2.32. The second kappa shape index (κ2) is 8.52. The van der Waals surface area contributed by atoms with Crippen molar-refractivity contribution in [2.24, 2.45) is 5.10 Å². The quantitative estimate of drug-likeness (QED) is 0.213. The molecule has 0 fully saturated rings. The number of anilines is 1. The molecule has 0 aliphatic carbocycles. The monoisotopic (exact) mass is 394 g/mol. The Labute approximate surface area is 163 Å². The van der Waals surface area contributed by atoms with E-state index >= 15 is 0 Å². The van der Waals surface area contributed by atoms with Crippen LogP contribution in [0.25, 0.3) is 0 Å². The zero-order valence-electron chi connectivity index (χ0n) is 14.8. The third-order valence-electron chi connectivity index (χ3n) is 3.95. The van der Waals surface area contributed by atoms with Gasteiger partial charge in [-0.25, -0.2) is 0 Å². The Kier molecular flexibility index (Phi) is 5.69. The summed E-state index contributed by atoms with van der Waals surface area (Å²) in [5.41, 5.74) is 3.08. The predicted molar refractivity (Wildman–Crippen MR) is 103 cm³/mol. The van der Waals surface area contributed by atoms with Crippen molar-refractivity contribution in [2.75, 3.05) is 5.43 Å². The summed E-state index contributed by atoms with van der Waals surface area (Å²) in [6, 6.07) is 11.5. The van der Waals surface area contributed by atoms with Crippen LogP contribution in [0.2, 0.25) is 0 Å². The lowest BCUT2D eigenvalue weighted by molar-refractivity contribution is -0.613. The third kappa shape index (κ3) is 4.66. The van der Waals surface area contributed by atoms with Crippen molar-refractivity contribution in [1.82, 2.24) is 4.98 Å². The minimum absolute atomic E-state index is 0.0231. The molecule has 0 aliphatic rings. The van der Waals surface area contributed by atoms with E-state index in [2.05, 4.69) is 15.5 Å². The lowest BCUT2D eigenvalue weighted by atomic mass is 10.1. The highest BCUT2D eigenvalue weighted by Crippen LogP contribution is 2.29. The van der Waals surface area contributed by atoms with Crippen LogP contribution in [-0.2, 0) is 6.42 Å². The van der Waals surface area contributed by atoms with Gasteiger partial charge in [0.15, 0.2) is 11.9 Å². The maximum atomic E-state index is 12.0. The zero-order valence-corrected chi connectivity index (χ0v) is 14.8. The van der Waals surface area contributed by atoms with Crippen LogP contribution in [0.5, 0.6) is 0 Å². The Hall–Kier alpha value is -4.41. The Bertz CT molecular complexity index is 1090. The van der Waals surface area contributed by atoms with Gasteiger partial charge in [-0.1, -0.05) is 0 Å².